The number of carboxylic acid groups (broad SMARTS) is 3. The van der Waals surface area contributed by atoms with E-state index in [1.165, 1.54) is 12.1 Å². The molecule has 364 valence electrons. The highest BCUT2D eigenvalue weighted by Gasteiger charge is 2.49. The zero-order chi connectivity index (χ0) is 50.0. The number of aromatic amines is 1. The van der Waals surface area contributed by atoms with E-state index in [2.05, 4.69) is 15.2 Å². The van der Waals surface area contributed by atoms with E-state index in [-0.39, 0.29) is 40.7 Å². The minimum absolute atomic E-state index is 0.0373. The van der Waals surface area contributed by atoms with Gasteiger partial charge < -0.3 is 40.7 Å². The molecule has 0 unspecified atom stereocenters. The van der Waals surface area contributed by atoms with Crippen molar-refractivity contribution >= 4 is 40.5 Å². The Kier molecular flexibility index (Phi) is 17.0. The number of hydrogen-bond donors (Lipinski definition) is 7. The normalized spacial score (nSPS) is 15.2. The number of aliphatic hydroxyl groups is 1. The number of anilines is 1. The minimum Gasteiger partial charge on any atom is -0.506 e. The summed E-state index contributed by atoms with van der Waals surface area (Å²) in [6.07, 6.45) is -8.13. The Balaban J connectivity index is 0.000000538. The quantitative estimate of drug-likeness (QED) is 0.0477. The smallest absolute Gasteiger partial charge is 0.490 e. The summed E-state index contributed by atoms with van der Waals surface area (Å²) < 4.78 is 63.5. The van der Waals surface area contributed by atoms with E-state index < -0.39 is 36.5 Å². The largest absolute Gasteiger partial charge is 0.506 e. The number of likely N-dealkylation sites (tertiary alicyclic amines) is 1. The Labute approximate surface area is 384 Å². The molecular formula is C47H49F6N5O10. The van der Waals surface area contributed by atoms with Crippen LogP contribution >= 0.6 is 0 Å². The van der Waals surface area contributed by atoms with E-state index in [9.17, 15) is 56.0 Å². The standard InChI is InChI=1S/C43H47N5O6.2C2HF3O2/c1-46(24-21-44-27-38(50)34-15-17-37(49)40-35(34)16-18-39(51)45-40)41(52)31-13-11-29(12-14-31)28-47-22-19-43(20-23-47)25-32(26-43)48(42(53)54)36-10-6-5-9-33(36)30-7-3-2-4-8-30;2*3-2(4,5)1(6)7/h2-18,32,38,44,49-50H,19-28H2,1H3,(H,45,51)(H,53,54);2*(H,6,7)/t38-;;/m0../s1. The molecule has 5 aromatic rings. The number of hydrogen-bond acceptors (Lipinski definition) is 9. The molecule has 15 nitrogen and oxygen atoms in total. The van der Waals surface area contributed by atoms with Crippen LogP contribution in [0.25, 0.3) is 22.0 Å². The summed E-state index contributed by atoms with van der Waals surface area (Å²) in [6, 6.07) is 31.5. The molecule has 1 aliphatic heterocycles. The van der Waals surface area contributed by atoms with Crippen molar-refractivity contribution in [2.75, 3.05) is 44.7 Å². The van der Waals surface area contributed by atoms with Gasteiger partial charge in [0.2, 0.25) is 5.56 Å². The highest BCUT2D eigenvalue weighted by Crippen LogP contribution is 2.52. The first-order valence-corrected chi connectivity index (χ1v) is 21.1. The molecule has 1 aromatic heterocycles. The Morgan fingerprint density at radius 1 is 0.809 bits per heavy atom. The van der Waals surface area contributed by atoms with Gasteiger partial charge in [0.05, 0.1) is 17.3 Å². The lowest BCUT2D eigenvalue weighted by Gasteiger charge is -2.54. The predicted octanol–water partition coefficient (Wildman–Crippen LogP) is 7.49. The van der Waals surface area contributed by atoms with Crippen LogP contribution in [0.2, 0.25) is 0 Å². The summed E-state index contributed by atoms with van der Waals surface area (Å²) in [5.74, 6) is -5.66. The van der Waals surface area contributed by atoms with E-state index in [0.717, 1.165) is 67.7 Å². The van der Waals surface area contributed by atoms with Crippen molar-refractivity contribution in [2.45, 2.75) is 56.7 Å². The van der Waals surface area contributed by atoms with Crippen molar-refractivity contribution < 1.29 is 71.1 Å². The number of nitrogens with zero attached hydrogens (tertiary/aromatic N) is 3. The second kappa shape index (κ2) is 22.2. The molecule has 2 amide bonds. The molecule has 2 fully saturated rings. The Hall–Kier alpha value is -6.97. The number of fused-ring (bicyclic) bond motifs is 1. The fourth-order valence-corrected chi connectivity index (χ4v) is 8.20. The van der Waals surface area contributed by atoms with E-state index in [0.29, 0.717) is 29.6 Å². The predicted molar refractivity (Wildman–Crippen MR) is 237 cm³/mol. The molecule has 2 aliphatic rings. The van der Waals surface area contributed by atoms with Crippen LogP contribution in [-0.4, -0.2) is 122 Å². The van der Waals surface area contributed by atoms with Crippen LogP contribution in [0.5, 0.6) is 5.75 Å². The maximum absolute atomic E-state index is 13.2. The molecule has 0 radical (unpaired) electrons. The van der Waals surface area contributed by atoms with Crippen LogP contribution < -0.4 is 15.8 Å². The van der Waals surface area contributed by atoms with Crippen LogP contribution in [-0.2, 0) is 16.1 Å². The molecule has 1 spiro atoms. The van der Waals surface area contributed by atoms with Crippen molar-refractivity contribution in [3.05, 3.63) is 130 Å². The first-order chi connectivity index (χ1) is 32.0. The van der Waals surface area contributed by atoms with Gasteiger partial charge in [0.25, 0.3) is 5.91 Å². The molecule has 1 saturated heterocycles. The molecule has 1 aliphatic carbocycles. The van der Waals surface area contributed by atoms with Crippen LogP contribution in [0.4, 0.5) is 36.8 Å². The molecule has 7 N–H and O–H groups in total. The molecule has 2 heterocycles. The number of benzene rings is 4. The highest BCUT2D eigenvalue weighted by molar-refractivity contribution is 5.94. The van der Waals surface area contributed by atoms with Crippen LogP contribution in [0.3, 0.4) is 0 Å². The van der Waals surface area contributed by atoms with E-state index in [1.807, 2.05) is 78.9 Å². The zero-order valence-electron chi connectivity index (χ0n) is 36.4. The third-order valence-corrected chi connectivity index (χ3v) is 11.7. The van der Waals surface area contributed by atoms with E-state index >= 15 is 0 Å². The Morgan fingerprint density at radius 3 is 1.96 bits per heavy atom. The summed E-state index contributed by atoms with van der Waals surface area (Å²) in [7, 11) is 1.75. The molecule has 68 heavy (non-hydrogen) atoms. The number of aromatic hydroxyl groups is 1. The second-order valence-electron chi connectivity index (χ2n) is 16.4. The van der Waals surface area contributed by atoms with E-state index in [4.69, 9.17) is 19.8 Å². The van der Waals surface area contributed by atoms with Gasteiger partial charge in [0, 0.05) is 61.8 Å². The second-order valence-corrected chi connectivity index (χ2v) is 16.4. The first kappa shape index (κ1) is 52.0. The number of carbonyl (C=O) groups excluding carboxylic acids is 1. The SMILES string of the molecule is CN(CCNC[C@H](O)c1ccc(O)c2[nH]c(=O)ccc12)C(=O)c1ccc(CN2CCC3(CC2)CC(N(C(=O)O)c2ccccc2-c2ccccc2)C3)cc1.O=C(O)C(F)(F)F.O=C(O)C(F)(F)F. The van der Waals surface area contributed by atoms with Crippen molar-refractivity contribution in [2.24, 2.45) is 5.41 Å². The average Bonchev–Trinajstić information content (AvgIpc) is 3.28. The number of H-pyrrole nitrogens is 1. The molecule has 0 bridgehead atoms. The number of para-hydroxylation sites is 1. The highest BCUT2D eigenvalue weighted by atomic mass is 19.4. The van der Waals surface area contributed by atoms with Gasteiger partial charge in [-0.25, -0.2) is 14.4 Å². The number of alkyl halides is 6. The van der Waals surface area contributed by atoms with Gasteiger partial charge in [-0.2, -0.15) is 26.3 Å². The maximum atomic E-state index is 13.2. The topological polar surface area (TPSA) is 224 Å². The summed E-state index contributed by atoms with van der Waals surface area (Å²) in [6.45, 7) is 3.85. The van der Waals surface area contributed by atoms with Gasteiger partial charge in [0.1, 0.15) is 5.75 Å². The molecule has 21 heteroatoms. The first-order valence-electron chi connectivity index (χ1n) is 21.1. The number of aliphatic carboxylic acids is 2. The molecule has 1 atom stereocenters. The van der Waals surface area contributed by atoms with Gasteiger partial charge in [-0.05, 0) is 91.2 Å². The average molecular weight is 958 g/mol. The number of aromatic nitrogens is 1. The minimum atomic E-state index is -5.08. The van der Waals surface area contributed by atoms with Gasteiger partial charge in [-0.15, -0.1) is 0 Å². The third-order valence-electron chi connectivity index (χ3n) is 11.7. The number of aliphatic hydroxyl groups excluding tert-OH is 1. The monoisotopic (exact) mass is 957 g/mol. The molecule has 1 saturated carbocycles. The van der Waals surface area contributed by atoms with Crippen LogP contribution in [0.15, 0.2) is 108 Å². The third kappa shape index (κ3) is 13.6. The fraction of sp³-hybridized carbons (Fsp3) is 0.340. The lowest BCUT2D eigenvalue weighted by molar-refractivity contribution is -0.193. The van der Waals surface area contributed by atoms with E-state index in [1.54, 1.807) is 29.0 Å². The zero-order valence-corrected chi connectivity index (χ0v) is 36.4. The van der Waals surface area contributed by atoms with Gasteiger partial charge in [0.15, 0.2) is 0 Å². The summed E-state index contributed by atoms with van der Waals surface area (Å²) in [5.41, 5.74) is 5.15. The van der Waals surface area contributed by atoms with Gasteiger partial charge in [-0.3, -0.25) is 19.4 Å². The number of phenols is 1. The van der Waals surface area contributed by atoms with Gasteiger partial charge in [-0.1, -0.05) is 66.7 Å². The molecule has 4 aromatic carbocycles. The Morgan fingerprint density at radius 2 is 1.38 bits per heavy atom. The number of nitrogens with one attached hydrogen (secondary N) is 2. The number of carbonyl (C=O) groups is 4. The number of phenolic OH excluding ortho intramolecular Hbond substituents is 1. The van der Waals surface area contributed by atoms with Crippen molar-refractivity contribution in [3.63, 3.8) is 0 Å². The number of likely N-dealkylation sites (N-methyl/N-ethyl adjacent to an activating group) is 1. The molecule has 7 rings (SSSR count). The lowest BCUT2D eigenvalue weighted by atomic mass is 9.60. The van der Waals surface area contributed by atoms with Gasteiger partial charge >= 0.3 is 30.4 Å². The van der Waals surface area contributed by atoms with Crippen molar-refractivity contribution in [3.8, 4) is 16.9 Å². The number of carboxylic acids is 2. The number of rotatable bonds is 12. The summed E-state index contributed by atoms with van der Waals surface area (Å²) in [5, 5.41) is 49.3. The van der Waals surface area contributed by atoms with Crippen molar-refractivity contribution in [1.82, 2.24) is 20.1 Å². The lowest BCUT2D eigenvalue weighted by Crippen LogP contribution is -2.56. The number of amides is 2. The number of halogens is 6. The molecular weight excluding hydrogens is 909 g/mol. The summed E-state index contributed by atoms with van der Waals surface area (Å²) in [4.78, 5) is 63.5. The number of pyridine rings is 1. The van der Waals surface area contributed by atoms with Crippen molar-refractivity contribution in [1.29, 1.82) is 0 Å². The Bertz CT molecular complexity index is 2570. The number of piperidine rings is 1. The fourth-order valence-electron chi connectivity index (χ4n) is 8.20. The van der Waals surface area contributed by atoms with Crippen LogP contribution in [0.1, 0.15) is 53.3 Å². The summed E-state index contributed by atoms with van der Waals surface area (Å²) >= 11 is 0. The van der Waals surface area contributed by atoms with Crippen LogP contribution in [0, 0.1) is 5.41 Å². The maximum Gasteiger partial charge on any atom is 0.490 e.